The number of likely N-dealkylation sites (tertiary alicyclic amines) is 2. The van der Waals surface area contributed by atoms with Gasteiger partial charge < -0.3 is 9.64 Å². The number of aromatic amines is 1. The van der Waals surface area contributed by atoms with Crippen LogP contribution in [0, 0.1) is 11.3 Å². The first-order valence-corrected chi connectivity index (χ1v) is 10.7. The molecule has 1 amide bonds. The fourth-order valence-electron chi connectivity index (χ4n) is 5.17. The molecule has 3 aliphatic heterocycles. The molecule has 4 rings (SSSR count). The van der Waals surface area contributed by atoms with Gasteiger partial charge in [-0.1, -0.05) is 13.8 Å². The second-order valence-corrected chi connectivity index (χ2v) is 9.17. The van der Waals surface area contributed by atoms with Crippen LogP contribution in [-0.2, 0) is 22.5 Å². The Morgan fingerprint density at radius 2 is 2.11 bits per heavy atom. The number of rotatable bonds is 5. The quantitative estimate of drug-likeness (QED) is 0.861. The van der Waals surface area contributed by atoms with Gasteiger partial charge in [-0.15, -0.1) is 0 Å². The Balaban J connectivity index is 1.38. The summed E-state index contributed by atoms with van der Waals surface area (Å²) in [4.78, 5) is 18.1. The van der Waals surface area contributed by atoms with E-state index >= 15 is 0 Å². The van der Waals surface area contributed by atoms with Crippen molar-refractivity contribution in [2.45, 2.75) is 65.0 Å². The standard InChI is InChI=1S/C21H34N4O2/c1-16(2)12-17-13-18(23-22-17)14-24-9-7-21(15-24)6-3-8-25(20(21)26)19-4-10-27-11-5-19/h13,16,19H,3-12,14-15H2,1-2H3,(H,22,23)/t21-/m1/s1. The van der Waals surface area contributed by atoms with Gasteiger partial charge in [0.25, 0.3) is 0 Å². The highest BCUT2D eigenvalue weighted by Gasteiger charge is 2.49. The van der Waals surface area contributed by atoms with Crippen LogP contribution in [0.3, 0.4) is 0 Å². The van der Waals surface area contributed by atoms with Crippen LogP contribution in [0.5, 0.6) is 0 Å². The van der Waals surface area contributed by atoms with Gasteiger partial charge in [-0.2, -0.15) is 5.10 Å². The van der Waals surface area contributed by atoms with Crippen LogP contribution in [0.15, 0.2) is 6.07 Å². The number of carbonyl (C=O) groups excluding carboxylic acids is 1. The van der Waals surface area contributed by atoms with E-state index < -0.39 is 0 Å². The third-order valence-corrected chi connectivity index (χ3v) is 6.53. The number of aromatic nitrogens is 2. The van der Waals surface area contributed by atoms with Crippen molar-refractivity contribution in [1.82, 2.24) is 20.0 Å². The zero-order chi connectivity index (χ0) is 18.9. The predicted octanol–water partition coefficient (Wildman–Crippen LogP) is 2.60. The lowest BCUT2D eigenvalue weighted by atomic mass is 9.77. The van der Waals surface area contributed by atoms with Gasteiger partial charge in [-0.3, -0.25) is 14.8 Å². The van der Waals surface area contributed by atoms with Gasteiger partial charge >= 0.3 is 0 Å². The van der Waals surface area contributed by atoms with E-state index in [4.69, 9.17) is 4.74 Å². The fraction of sp³-hybridized carbons (Fsp3) is 0.810. The average molecular weight is 375 g/mol. The van der Waals surface area contributed by atoms with Crippen molar-refractivity contribution in [3.63, 3.8) is 0 Å². The zero-order valence-electron chi connectivity index (χ0n) is 16.9. The summed E-state index contributed by atoms with van der Waals surface area (Å²) in [5, 5.41) is 7.65. The number of ether oxygens (including phenoxy) is 1. The SMILES string of the molecule is CC(C)Cc1cc(CN2CC[C@]3(CCCN(C4CCOCC4)C3=O)C2)[nH]n1. The Labute approximate surface area is 162 Å². The van der Waals surface area contributed by atoms with Crippen LogP contribution in [0.2, 0.25) is 0 Å². The lowest BCUT2D eigenvalue weighted by Gasteiger charge is -2.44. The van der Waals surface area contributed by atoms with Gasteiger partial charge in [0.1, 0.15) is 0 Å². The van der Waals surface area contributed by atoms with Crippen molar-refractivity contribution < 1.29 is 9.53 Å². The molecule has 0 saturated carbocycles. The number of H-pyrrole nitrogens is 1. The molecule has 3 saturated heterocycles. The Bertz CT molecular complexity index is 652. The maximum absolute atomic E-state index is 13.4. The van der Waals surface area contributed by atoms with E-state index in [1.165, 1.54) is 5.69 Å². The van der Waals surface area contributed by atoms with Gasteiger partial charge in [0.15, 0.2) is 0 Å². The first-order chi connectivity index (χ1) is 13.1. The normalized spacial score (nSPS) is 28.0. The summed E-state index contributed by atoms with van der Waals surface area (Å²) in [5.41, 5.74) is 2.16. The van der Waals surface area contributed by atoms with Gasteiger partial charge in [0.05, 0.1) is 11.1 Å². The van der Waals surface area contributed by atoms with Crippen LogP contribution >= 0.6 is 0 Å². The maximum atomic E-state index is 13.4. The summed E-state index contributed by atoms with van der Waals surface area (Å²) < 4.78 is 5.50. The zero-order valence-corrected chi connectivity index (χ0v) is 16.9. The van der Waals surface area contributed by atoms with Crippen molar-refractivity contribution in [3.05, 3.63) is 17.5 Å². The molecule has 1 atom stereocenters. The molecule has 3 aliphatic rings. The minimum absolute atomic E-state index is 0.155. The van der Waals surface area contributed by atoms with Crippen LogP contribution in [-0.4, -0.2) is 64.8 Å². The van der Waals surface area contributed by atoms with Gasteiger partial charge in [0.2, 0.25) is 5.91 Å². The van der Waals surface area contributed by atoms with Crippen molar-refractivity contribution >= 4 is 5.91 Å². The number of nitrogens with one attached hydrogen (secondary N) is 1. The molecule has 6 nitrogen and oxygen atoms in total. The summed E-state index contributed by atoms with van der Waals surface area (Å²) in [7, 11) is 0. The van der Waals surface area contributed by atoms with E-state index in [2.05, 4.69) is 39.9 Å². The average Bonchev–Trinajstić information content (AvgIpc) is 3.26. The monoisotopic (exact) mass is 374 g/mol. The molecular formula is C21H34N4O2. The molecule has 27 heavy (non-hydrogen) atoms. The highest BCUT2D eigenvalue weighted by Crippen LogP contribution is 2.41. The number of amides is 1. The van der Waals surface area contributed by atoms with Crippen molar-refractivity contribution in [2.24, 2.45) is 11.3 Å². The number of hydrogen-bond donors (Lipinski definition) is 1. The highest BCUT2D eigenvalue weighted by atomic mass is 16.5. The molecule has 1 aromatic rings. The highest BCUT2D eigenvalue weighted by molar-refractivity contribution is 5.84. The molecule has 1 N–H and O–H groups in total. The van der Waals surface area contributed by atoms with E-state index in [0.717, 1.165) is 83.6 Å². The van der Waals surface area contributed by atoms with E-state index in [0.29, 0.717) is 17.9 Å². The molecule has 1 spiro atoms. The fourth-order valence-corrected chi connectivity index (χ4v) is 5.17. The molecular weight excluding hydrogens is 340 g/mol. The summed E-state index contributed by atoms with van der Waals surface area (Å²) in [6.45, 7) is 9.74. The van der Waals surface area contributed by atoms with Gasteiger partial charge in [-0.25, -0.2) is 0 Å². The van der Waals surface area contributed by atoms with E-state index in [1.54, 1.807) is 0 Å². The molecule has 150 valence electrons. The lowest BCUT2D eigenvalue weighted by Crippen LogP contribution is -2.54. The molecule has 1 aromatic heterocycles. The maximum Gasteiger partial charge on any atom is 0.230 e. The third kappa shape index (κ3) is 4.06. The summed E-state index contributed by atoms with van der Waals surface area (Å²) in [6.07, 6.45) is 6.19. The minimum atomic E-state index is -0.155. The van der Waals surface area contributed by atoms with Crippen molar-refractivity contribution in [2.75, 3.05) is 32.8 Å². The third-order valence-electron chi connectivity index (χ3n) is 6.53. The molecule has 0 aromatic carbocycles. The predicted molar refractivity (Wildman–Crippen MR) is 104 cm³/mol. The van der Waals surface area contributed by atoms with Crippen molar-refractivity contribution in [1.29, 1.82) is 0 Å². The molecule has 0 unspecified atom stereocenters. The van der Waals surface area contributed by atoms with Crippen molar-refractivity contribution in [3.8, 4) is 0 Å². The second-order valence-electron chi connectivity index (χ2n) is 9.17. The molecule has 6 heteroatoms. The first-order valence-electron chi connectivity index (χ1n) is 10.7. The molecule has 3 fully saturated rings. The molecule has 4 heterocycles. The summed E-state index contributed by atoms with van der Waals surface area (Å²) in [5.74, 6) is 1.03. The van der Waals surface area contributed by atoms with Crippen LogP contribution < -0.4 is 0 Å². The van der Waals surface area contributed by atoms with Crippen LogP contribution in [0.25, 0.3) is 0 Å². The van der Waals surface area contributed by atoms with Crippen LogP contribution in [0.4, 0.5) is 0 Å². The molecule has 0 aliphatic carbocycles. The van der Waals surface area contributed by atoms with Gasteiger partial charge in [0, 0.05) is 44.6 Å². The first kappa shape index (κ1) is 18.9. The minimum Gasteiger partial charge on any atom is -0.381 e. The van der Waals surface area contributed by atoms with Gasteiger partial charge in [-0.05, 0) is 57.1 Å². The smallest absolute Gasteiger partial charge is 0.230 e. The number of nitrogens with zero attached hydrogens (tertiary/aromatic N) is 3. The number of piperidine rings is 1. The second kappa shape index (κ2) is 7.92. The van der Waals surface area contributed by atoms with E-state index in [1.807, 2.05) is 0 Å². The Hall–Kier alpha value is -1.40. The van der Waals surface area contributed by atoms with Crippen LogP contribution in [0.1, 0.15) is 57.3 Å². The number of hydrogen-bond acceptors (Lipinski definition) is 4. The topological polar surface area (TPSA) is 61.5 Å². The Kier molecular flexibility index (Phi) is 5.55. The Morgan fingerprint density at radius 1 is 1.30 bits per heavy atom. The molecule has 0 bridgehead atoms. The summed E-state index contributed by atoms with van der Waals surface area (Å²) in [6, 6.07) is 2.59. The largest absolute Gasteiger partial charge is 0.381 e. The lowest BCUT2D eigenvalue weighted by molar-refractivity contribution is -0.150. The van der Waals surface area contributed by atoms with E-state index in [9.17, 15) is 4.79 Å². The number of carbonyl (C=O) groups is 1. The summed E-state index contributed by atoms with van der Waals surface area (Å²) >= 11 is 0. The Morgan fingerprint density at radius 3 is 2.89 bits per heavy atom. The molecule has 0 radical (unpaired) electrons. The van der Waals surface area contributed by atoms with E-state index in [-0.39, 0.29) is 5.41 Å².